The fourth-order valence-electron chi connectivity index (χ4n) is 3.78. The van der Waals surface area contributed by atoms with Gasteiger partial charge in [-0.2, -0.15) is 0 Å². The molecule has 2 aliphatic heterocycles. The Morgan fingerprint density at radius 2 is 1.91 bits per heavy atom. The number of likely N-dealkylation sites (tertiary alicyclic amines) is 1. The van der Waals surface area contributed by atoms with Crippen molar-refractivity contribution < 1.29 is 4.79 Å². The van der Waals surface area contributed by atoms with Crippen LogP contribution in [0.1, 0.15) is 38.5 Å². The van der Waals surface area contributed by atoms with Crippen LogP contribution in [0.25, 0.3) is 10.2 Å². The Hall–Kier alpha value is -1.69. The quantitative estimate of drug-likeness (QED) is 0.849. The van der Waals surface area contributed by atoms with Crippen molar-refractivity contribution in [2.75, 3.05) is 24.5 Å². The smallest absolute Gasteiger partial charge is 0.245 e. The third-order valence-corrected chi connectivity index (χ3v) is 5.79. The summed E-state index contributed by atoms with van der Waals surface area (Å²) in [4.78, 5) is 27.2. The fourth-order valence-corrected chi connectivity index (χ4v) is 4.51. The normalized spacial score (nSPS) is 22.5. The maximum absolute atomic E-state index is 13.1. The minimum Gasteiger partial charge on any atom is -0.344 e. The highest BCUT2D eigenvalue weighted by atomic mass is 32.1. The number of anilines is 1. The molecule has 2 saturated heterocycles. The second kappa shape index (κ2) is 6.43. The highest BCUT2D eigenvalue weighted by Crippen LogP contribution is 2.32. The van der Waals surface area contributed by atoms with Crippen LogP contribution in [0.3, 0.4) is 0 Å². The molecule has 5 nitrogen and oxygen atoms in total. The SMILES string of the molecule is O=C(C1CCCN1c1ncnc2sccc12)N1CCCCCC1. The van der Waals surface area contributed by atoms with Gasteiger partial charge in [-0.05, 0) is 37.1 Å². The van der Waals surface area contributed by atoms with Crippen molar-refractivity contribution in [3.63, 3.8) is 0 Å². The molecule has 23 heavy (non-hydrogen) atoms. The number of hydrogen-bond donors (Lipinski definition) is 0. The molecule has 0 bridgehead atoms. The molecule has 2 aliphatic rings. The van der Waals surface area contributed by atoms with Crippen LogP contribution in [0.4, 0.5) is 5.82 Å². The number of nitrogens with zero attached hydrogens (tertiary/aromatic N) is 4. The molecule has 2 aromatic rings. The lowest BCUT2D eigenvalue weighted by molar-refractivity contribution is -0.132. The Balaban J connectivity index is 1.61. The molecular formula is C17H22N4OS. The van der Waals surface area contributed by atoms with E-state index in [0.717, 1.165) is 61.4 Å². The number of fused-ring (bicyclic) bond motifs is 1. The highest BCUT2D eigenvalue weighted by molar-refractivity contribution is 7.16. The number of thiophene rings is 1. The van der Waals surface area contributed by atoms with Gasteiger partial charge in [-0.1, -0.05) is 12.8 Å². The van der Waals surface area contributed by atoms with Gasteiger partial charge in [0.05, 0.1) is 5.39 Å². The Morgan fingerprint density at radius 1 is 1.09 bits per heavy atom. The summed E-state index contributed by atoms with van der Waals surface area (Å²) in [6, 6.07) is 2.02. The van der Waals surface area contributed by atoms with Crippen molar-refractivity contribution in [3.05, 3.63) is 17.8 Å². The van der Waals surface area contributed by atoms with E-state index in [0.29, 0.717) is 5.91 Å². The summed E-state index contributed by atoms with van der Waals surface area (Å²) in [7, 11) is 0. The van der Waals surface area contributed by atoms with Crippen molar-refractivity contribution in [2.45, 2.75) is 44.6 Å². The van der Waals surface area contributed by atoms with E-state index in [1.807, 2.05) is 5.38 Å². The zero-order chi connectivity index (χ0) is 15.6. The molecule has 1 amide bonds. The van der Waals surface area contributed by atoms with Gasteiger partial charge >= 0.3 is 0 Å². The predicted octanol–water partition coefficient (Wildman–Crippen LogP) is 3.06. The lowest BCUT2D eigenvalue weighted by atomic mass is 10.1. The van der Waals surface area contributed by atoms with Gasteiger partial charge in [-0.3, -0.25) is 4.79 Å². The number of amides is 1. The average molecular weight is 330 g/mol. The van der Waals surface area contributed by atoms with Crippen molar-refractivity contribution in [1.82, 2.24) is 14.9 Å². The largest absolute Gasteiger partial charge is 0.344 e. The van der Waals surface area contributed by atoms with Crippen molar-refractivity contribution in [1.29, 1.82) is 0 Å². The van der Waals surface area contributed by atoms with Crippen LogP contribution in [0.2, 0.25) is 0 Å². The average Bonchev–Trinajstić information content (AvgIpc) is 3.17. The molecule has 1 unspecified atom stereocenters. The third kappa shape index (κ3) is 2.80. The zero-order valence-corrected chi connectivity index (χ0v) is 14.1. The molecule has 4 heterocycles. The number of carbonyl (C=O) groups excluding carboxylic acids is 1. The maximum atomic E-state index is 13.1. The van der Waals surface area contributed by atoms with Gasteiger partial charge < -0.3 is 9.80 Å². The van der Waals surface area contributed by atoms with Gasteiger partial charge in [0.1, 0.15) is 23.0 Å². The summed E-state index contributed by atoms with van der Waals surface area (Å²) in [6.45, 7) is 2.74. The maximum Gasteiger partial charge on any atom is 0.245 e. The molecule has 2 fully saturated rings. The summed E-state index contributed by atoms with van der Waals surface area (Å²) in [6.07, 6.45) is 8.39. The van der Waals surface area contributed by atoms with E-state index in [1.165, 1.54) is 12.8 Å². The van der Waals surface area contributed by atoms with Crippen LogP contribution in [0.15, 0.2) is 17.8 Å². The van der Waals surface area contributed by atoms with E-state index in [4.69, 9.17) is 0 Å². The van der Waals surface area contributed by atoms with E-state index in [1.54, 1.807) is 17.7 Å². The molecule has 2 aromatic heterocycles. The van der Waals surface area contributed by atoms with Crippen LogP contribution < -0.4 is 4.90 Å². The second-order valence-corrected chi connectivity index (χ2v) is 7.32. The Labute approximate surface area is 140 Å². The van der Waals surface area contributed by atoms with E-state index >= 15 is 0 Å². The van der Waals surface area contributed by atoms with Crippen molar-refractivity contribution in [2.24, 2.45) is 0 Å². The number of rotatable bonds is 2. The van der Waals surface area contributed by atoms with Crippen molar-refractivity contribution >= 4 is 33.3 Å². The van der Waals surface area contributed by atoms with Gasteiger partial charge in [0.2, 0.25) is 5.91 Å². The molecular weight excluding hydrogens is 308 g/mol. The predicted molar refractivity (Wildman–Crippen MR) is 92.8 cm³/mol. The van der Waals surface area contributed by atoms with Crippen molar-refractivity contribution in [3.8, 4) is 0 Å². The topological polar surface area (TPSA) is 49.3 Å². The van der Waals surface area contributed by atoms with E-state index in [-0.39, 0.29) is 6.04 Å². The van der Waals surface area contributed by atoms with Crippen LogP contribution in [-0.2, 0) is 4.79 Å². The third-order valence-electron chi connectivity index (χ3n) is 4.97. The summed E-state index contributed by atoms with van der Waals surface area (Å²) >= 11 is 1.63. The summed E-state index contributed by atoms with van der Waals surface area (Å²) < 4.78 is 0. The molecule has 0 aromatic carbocycles. The lowest BCUT2D eigenvalue weighted by Gasteiger charge is -2.30. The number of carbonyl (C=O) groups is 1. The Bertz CT molecular complexity index is 693. The van der Waals surface area contributed by atoms with Crippen LogP contribution in [0, 0.1) is 0 Å². The molecule has 4 rings (SSSR count). The minimum atomic E-state index is -0.0499. The molecule has 0 saturated carbocycles. The molecule has 0 radical (unpaired) electrons. The Kier molecular flexibility index (Phi) is 4.16. The Morgan fingerprint density at radius 3 is 2.74 bits per heavy atom. The first-order chi connectivity index (χ1) is 11.3. The van der Waals surface area contributed by atoms with E-state index in [9.17, 15) is 4.79 Å². The molecule has 0 spiro atoms. The summed E-state index contributed by atoms with van der Waals surface area (Å²) in [5, 5.41) is 3.12. The number of aromatic nitrogens is 2. The van der Waals surface area contributed by atoms with E-state index in [2.05, 4.69) is 25.8 Å². The van der Waals surface area contributed by atoms with E-state index < -0.39 is 0 Å². The second-order valence-electron chi connectivity index (χ2n) is 6.43. The van der Waals surface area contributed by atoms with Gasteiger partial charge in [-0.25, -0.2) is 9.97 Å². The molecule has 0 N–H and O–H groups in total. The monoisotopic (exact) mass is 330 g/mol. The van der Waals surface area contributed by atoms with Gasteiger partial charge in [-0.15, -0.1) is 11.3 Å². The molecule has 122 valence electrons. The molecule has 1 atom stereocenters. The van der Waals surface area contributed by atoms with Crippen LogP contribution in [0.5, 0.6) is 0 Å². The first kappa shape index (κ1) is 14.9. The molecule has 0 aliphatic carbocycles. The molecule has 6 heteroatoms. The standard InChI is InChI=1S/C17H22N4OS/c22-17(20-8-3-1-2-4-9-20)14-6-5-10-21(14)15-13-7-11-23-16(13)19-12-18-15/h7,11-12,14H,1-6,8-10H2. The minimum absolute atomic E-state index is 0.0499. The number of hydrogen-bond acceptors (Lipinski definition) is 5. The van der Waals surface area contributed by atoms with Crippen LogP contribution in [-0.4, -0.2) is 46.5 Å². The first-order valence-corrected chi connectivity index (χ1v) is 9.46. The summed E-state index contributed by atoms with van der Waals surface area (Å²) in [5.74, 6) is 1.23. The zero-order valence-electron chi connectivity index (χ0n) is 13.3. The fraction of sp³-hybridized carbons (Fsp3) is 0.588. The summed E-state index contributed by atoms with van der Waals surface area (Å²) in [5.41, 5.74) is 0. The van der Waals surface area contributed by atoms with Gasteiger partial charge in [0.15, 0.2) is 0 Å². The first-order valence-electron chi connectivity index (χ1n) is 8.58. The van der Waals surface area contributed by atoms with Gasteiger partial charge in [0.25, 0.3) is 0 Å². The lowest BCUT2D eigenvalue weighted by Crippen LogP contribution is -2.46. The highest BCUT2D eigenvalue weighted by Gasteiger charge is 2.35. The van der Waals surface area contributed by atoms with Gasteiger partial charge in [0, 0.05) is 19.6 Å². The van der Waals surface area contributed by atoms with Crippen LogP contribution >= 0.6 is 11.3 Å².